The van der Waals surface area contributed by atoms with E-state index in [9.17, 15) is 13.2 Å². The van der Waals surface area contributed by atoms with E-state index in [1.54, 1.807) is 49.1 Å². The Morgan fingerprint density at radius 3 is 2.82 bits per heavy atom. The van der Waals surface area contributed by atoms with Gasteiger partial charge in [0.2, 0.25) is 5.91 Å². The molecule has 0 bridgehead atoms. The maximum Gasteiger partial charge on any atom is 0.246 e. The zero-order valence-corrected chi connectivity index (χ0v) is 13.4. The zero-order chi connectivity index (χ0) is 16.3. The van der Waals surface area contributed by atoms with Crippen LogP contribution in [0.4, 0.5) is 0 Å². The first-order chi connectivity index (χ1) is 10.3. The van der Waals surface area contributed by atoms with E-state index in [0.717, 1.165) is 5.56 Å². The normalized spacial score (nSPS) is 24.1. The summed E-state index contributed by atoms with van der Waals surface area (Å²) in [7, 11) is -3.11. The van der Waals surface area contributed by atoms with Crippen molar-refractivity contribution < 1.29 is 13.2 Å². The lowest BCUT2D eigenvalue weighted by Gasteiger charge is -2.36. The number of amides is 1. The van der Waals surface area contributed by atoms with Gasteiger partial charge in [-0.1, -0.05) is 12.1 Å². The second-order valence-corrected chi connectivity index (χ2v) is 7.89. The van der Waals surface area contributed by atoms with Gasteiger partial charge in [0.1, 0.15) is 0 Å². The highest BCUT2D eigenvalue weighted by molar-refractivity contribution is 7.92. The average Bonchev–Trinajstić information content (AvgIpc) is 2.51. The van der Waals surface area contributed by atoms with Crippen LogP contribution in [0.1, 0.15) is 25.0 Å². The van der Waals surface area contributed by atoms with Crippen molar-refractivity contribution in [2.75, 3.05) is 12.3 Å². The van der Waals surface area contributed by atoms with Crippen LogP contribution in [0.2, 0.25) is 0 Å². The number of nitrogens with zero attached hydrogens (tertiary/aromatic N) is 2. The molecule has 1 amide bonds. The summed E-state index contributed by atoms with van der Waals surface area (Å²) in [5, 5.41) is 8.30. The minimum atomic E-state index is -3.11. The summed E-state index contributed by atoms with van der Waals surface area (Å²) in [6, 6.07) is 8.64. The van der Waals surface area contributed by atoms with Gasteiger partial charge in [0.15, 0.2) is 9.84 Å². The molecule has 1 aromatic rings. The fourth-order valence-corrected chi connectivity index (χ4v) is 4.02. The van der Waals surface area contributed by atoms with Crippen molar-refractivity contribution in [2.24, 2.45) is 0 Å². The Morgan fingerprint density at radius 1 is 1.41 bits per heavy atom. The summed E-state index contributed by atoms with van der Waals surface area (Å²) in [4.78, 5) is 13.9. The maximum atomic E-state index is 12.3. The van der Waals surface area contributed by atoms with Gasteiger partial charge in [0.25, 0.3) is 0 Å². The van der Waals surface area contributed by atoms with E-state index < -0.39 is 15.1 Å². The predicted octanol–water partition coefficient (Wildman–Crippen LogP) is 1.61. The largest absolute Gasteiger partial charge is 0.334 e. The molecule has 1 aromatic carbocycles. The van der Waals surface area contributed by atoms with Gasteiger partial charge in [0.05, 0.1) is 22.6 Å². The molecule has 0 aliphatic carbocycles. The molecular weight excluding hydrogens is 300 g/mol. The number of hydrogen-bond acceptors (Lipinski definition) is 4. The van der Waals surface area contributed by atoms with E-state index >= 15 is 0 Å². The second-order valence-electron chi connectivity index (χ2n) is 5.41. The van der Waals surface area contributed by atoms with E-state index in [0.29, 0.717) is 5.56 Å². The van der Waals surface area contributed by atoms with E-state index in [1.165, 1.54) is 6.08 Å². The predicted molar refractivity (Wildman–Crippen MR) is 84.6 cm³/mol. The van der Waals surface area contributed by atoms with Gasteiger partial charge in [-0.25, -0.2) is 8.42 Å². The van der Waals surface area contributed by atoms with Crippen molar-refractivity contribution in [3.05, 3.63) is 41.5 Å². The van der Waals surface area contributed by atoms with E-state index in [4.69, 9.17) is 5.26 Å². The molecule has 0 spiro atoms. The van der Waals surface area contributed by atoms with Gasteiger partial charge < -0.3 is 4.90 Å². The van der Waals surface area contributed by atoms with Gasteiger partial charge >= 0.3 is 0 Å². The number of hydrogen-bond donors (Lipinski definition) is 0. The Kier molecular flexibility index (Phi) is 4.67. The van der Waals surface area contributed by atoms with Crippen LogP contribution in [0.15, 0.2) is 30.3 Å². The van der Waals surface area contributed by atoms with Gasteiger partial charge in [-0.3, -0.25) is 4.79 Å². The highest BCUT2D eigenvalue weighted by atomic mass is 32.2. The van der Waals surface area contributed by atoms with Crippen molar-refractivity contribution in [3.8, 4) is 6.07 Å². The highest BCUT2D eigenvalue weighted by Gasteiger charge is 2.37. The highest BCUT2D eigenvalue weighted by Crippen LogP contribution is 2.19. The third-order valence-electron chi connectivity index (χ3n) is 4.07. The molecule has 2 rings (SSSR count). The molecule has 1 aliphatic rings. The summed E-state index contributed by atoms with van der Waals surface area (Å²) < 4.78 is 23.6. The molecule has 0 N–H and O–H groups in total. The Bertz CT molecular complexity index is 747. The van der Waals surface area contributed by atoms with Crippen LogP contribution in [0.25, 0.3) is 6.08 Å². The minimum absolute atomic E-state index is 0.00199. The third-order valence-corrected chi connectivity index (χ3v) is 6.35. The van der Waals surface area contributed by atoms with Gasteiger partial charge in [-0.2, -0.15) is 5.26 Å². The molecule has 1 saturated heterocycles. The van der Waals surface area contributed by atoms with Crippen molar-refractivity contribution >= 4 is 21.8 Å². The first-order valence-corrected chi connectivity index (χ1v) is 8.77. The van der Waals surface area contributed by atoms with Crippen molar-refractivity contribution in [3.63, 3.8) is 0 Å². The lowest BCUT2D eigenvalue weighted by atomic mass is 10.1. The third kappa shape index (κ3) is 3.37. The lowest BCUT2D eigenvalue weighted by molar-refractivity contribution is -0.127. The molecule has 5 nitrogen and oxygen atoms in total. The average molecular weight is 318 g/mol. The summed E-state index contributed by atoms with van der Waals surface area (Å²) in [5.41, 5.74) is 1.29. The SMILES string of the molecule is C[C@@H]1[C@@H](C)S(=O)(=O)CCN1C(=O)/C=C/c1cccc(C#N)c1. The maximum absolute atomic E-state index is 12.3. The fourth-order valence-electron chi connectivity index (χ4n) is 2.45. The van der Waals surface area contributed by atoms with E-state index in [1.807, 2.05) is 6.07 Å². The smallest absolute Gasteiger partial charge is 0.246 e. The minimum Gasteiger partial charge on any atom is -0.334 e. The van der Waals surface area contributed by atoms with E-state index in [2.05, 4.69) is 0 Å². The Labute approximate surface area is 130 Å². The molecule has 1 heterocycles. The van der Waals surface area contributed by atoms with Crippen LogP contribution < -0.4 is 0 Å². The molecular formula is C16H18N2O3S. The summed E-state index contributed by atoms with van der Waals surface area (Å²) in [6.45, 7) is 3.61. The summed E-state index contributed by atoms with van der Waals surface area (Å²) >= 11 is 0. The molecule has 6 heteroatoms. The summed E-state index contributed by atoms with van der Waals surface area (Å²) in [6.07, 6.45) is 3.07. The van der Waals surface area contributed by atoms with Gasteiger partial charge in [0, 0.05) is 18.7 Å². The number of sulfone groups is 1. The monoisotopic (exact) mass is 318 g/mol. The molecule has 0 aromatic heterocycles. The van der Waals surface area contributed by atoms with Crippen LogP contribution in [0, 0.1) is 11.3 Å². The Morgan fingerprint density at radius 2 is 2.14 bits per heavy atom. The van der Waals surface area contributed by atoms with Crippen LogP contribution in [-0.2, 0) is 14.6 Å². The molecule has 1 aliphatic heterocycles. The summed E-state index contributed by atoms with van der Waals surface area (Å²) in [5.74, 6) is -0.209. The standard InChI is InChI=1S/C16H18N2O3S/c1-12-13(2)22(20,21)9-8-18(12)16(19)7-6-14-4-3-5-15(10-14)11-17/h3-7,10,12-13H,8-9H2,1-2H3/b7-6+/t12-,13-/m1/s1. The quantitative estimate of drug-likeness (QED) is 0.776. The van der Waals surface area contributed by atoms with E-state index in [-0.39, 0.29) is 24.2 Å². The number of carbonyl (C=O) groups excluding carboxylic acids is 1. The van der Waals surface area contributed by atoms with Crippen molar-refractivity contribution in [2.45, 2.75) is 25.1 Å². The molecule has 22 heavy (non-hydrogen) atoms. The Balaban J connectivity index is 2.12. The first-order valence-electron chi connectivity index (χ1n) is 7.05. The molecule has 0 unspecified atom stereocenters. The lowest BCUT2D eigenvalue weighted by Crippen LogP contribution is -2.53. The van der Waals surface area contributed by atoms with Crippen molar-refractivity contribution in [1.82, 2.24) is 4.90 Å². The first kappa shape index (κ1) is 16.2. The van der Waals surface area contributed by atoms with Crippen LogP contribution in [-0.4, -0.2) is 42.8 Å². The number of nitriles is 1. The van der Waals surface area contributed by atoms with Crippen molar-refractivity contribution in [1.29, 1.82) is 5.26 Å². The zero-order valence-electron chi connectivity index (χ0n) is 12.6. The number of rotatable bonds is 2. The molecule has 116 valence electrons. The van der Waals surface area contributed by atoms with Crippen LogP contribution >= 0.6 is 0 Å². The van der Waals surface area contributed by atoms with Crippen LogP contribution in [0.3, 0.4) is 0 Å². The van der Waals surface area contributed by atoms with Gasteiger partial charge in [-0.05, 0) is 37.6 Å². The number of carbonyl (C=O) groups is 1. The molecule has 0 saturated carbocycles. The topological polar surface area (TPSA) is 78.2 Å². The molecule has 1 fully saturated rings. The molecule has 2 atom stereocenters. The van der Waals surface area contributed by atoms with Gasteiger partial charge in [-0.15, -0.1) is 0 Å². The fraction of sp³-hybridized carbons (Fsp3) is 0.375. The molecule has 0 radical (unpaired) electrons. The second kappa shape index (κ2) is 6.32. The van der Waals surface area contributed by atoms with Crippen LogP contribution in [0.5, 0.6) is 0 Å². The number of benzene rings is 1. The Hall–Kier alpha value is -2.13.